The van der Waals surface area contributed by atoms with E-state index in [0.717, 1.165) is 11.4 Å². The van der Waals surface area contributed by atoms with Gasteiger partial charge >= 0.3 is 0 Å². The summed E-state index contributed by atoms with van der Waals surface area (Å²) in [7, 11) is 0. The Morgan fingerprint density at radius 2 is 1.91 bits per heavy atom. The molecule has 0 radical (unpaired) electrons. The van der Waals surface area contributed by atoms with E-state index in [2.05, 4.69) is 29.2 Å². The first-order valence-electron chi connectivity index (χ1n) is 7.27. The van der Waals surface area contributed by atoms with Gasteiger partial charge in [-0.2, -0.15) is 5.10 Å². The predicted octanol–water partition coefficient (Wildman–Crippen LogP) is 3.41. The summed E-state index contributed by atoms with van der Waals surface area (Å²) >= 11 is 0. The fraction of sp³-hybridized carbons (Fsp3) is 0.235. The maximum absolute atomic E-state index is 12.3. The Bertz CT molecular complexity index is 818. The molecule has 112 valence electrons. The van der Waals surface area contributed by atoms with Gasteiger partial charge in [-0.25, -0.2) is 9.50 Å². The van der Waals surface area contributed by atoms with Crippen LogP contribution < -0.4 is 5.32 Å². The van der Waals surface area contributed by atoms with Crippen molar-refractivity contribution in [2.24, 2.45) is 0 Å². The van der Waals surface area contributed by atoms with Crippen LogP contribution in [0.3, 0.4) is 0 Å². The molecule has 0 fully saturated rings. The number of nitrogens with one attached hydrogen (secondary N) is 1. The molecular formula is C17H18N4O. The van der Waals surface area contributed by atoms with Gasteiger partial charge in [0.1, 0.15) is 5.69 Å². The molecule has 5 nitrogen and oxygen atoms in total. The lowest BCUT2D eigenvalue weighted by atomic mass is 10.0. The first-order valence-corrected chi connectivity index (χ1v) is 7.27. The van der Waals surface area contributed by atoms with Crippen LogP contribution in [0.4, 0.5) is 5.69 Å². The van der Waals surface area contributed by atoms with E-state index in [1.54, 1.807) is 22.8 Å². The highest BCUT2D eigenvalue weighted by molar-refractivity contribution is 6.03. The van der Waals surface area contributed by atoms with E-state index in [9.17, 15) is 4.79 Å². The van der Waals surface area contributed by atoms with Gasteiger partial charge in [0, 0.05) is 17.4 Å². The van der Waals surface area contributed by atoms with E-state index >= 15 is 0 Å². The molecule has 1 N–H and O–H groups in total. The van der Waals surface area contributed by atoms with Crippen molar-refractivity contribution >= 4 is 17.2 Å². The molecule has 0 saturated heterocycles. The van der Waals surface area contributed by atoms with Crippen LogP contribution >= 0.6 is 0 Å². The summed E-state index contributed by atoms with van der Waals surface area (Å²) in [5.74, 6) is 0.252. The molecule has 2 aromatic heterocycles. The van der Waals surface area contributed by atoms with Gasteiger partial charge in [-0.3, -0.25) is 4.79 Å². The van der Waals surface area contributed by atoms with Gasteiger partial charge in [-0.15, -0.1) is 0 Å². The highest BCUT2D eigenvalue weighted by Gasteiger charge is 2.11. The summed E-state index contributed by atoms with van der Waals surface area (Å²) in [6.45, 7) is 6.18. The van der Waals surface area contributed by atoms with Crippen LogP contribution in [0.1, 0.15) is 41.5 Å². The van der Waals surface area contributed by atoms with Crippen molar-refractivity contribution in [3.05, 3.63) is 59.5 Å². The number of aromatic nitrogens is 3. The summed E-state index contributed by atoms with van der Waals surface area (Å²) in [4.78, 5) is 16.7. The number of anilines is 1. The predicted molar refractivity (Wildman–Crippen MR) is 86.2 cm³/mol. The average Bonchev–Trinajstić information content (AvgIpc) is 2.96. The molecule has 0 aliphatic carbocycles. The molecule has 0 unspecified atom stereocenters. The summed E-state index contributed by atoms with van der Waals surface area (Å²) in [5, 5.41) is 7.03. The van der Waals surface area contributed by atoms with Crippen molar-refractivity contribution < 1.29 is 4.79 Å². The van der Waals surface area contributed by atoms with Crippen molar-refractivity contribution in [1.29, 1.82) is 0 Å². The zero-order valence-electron chi connectivity index (χ0n) is 12.9. The quantitative estimate of drug-likeness (QED) is 0.805. The largest absolute Gasteiger partial charge is 0.321 e. The molecule has 0 bridgehead atoms. The lowest BCUT2D eigenvalue weighted by molar-refractivity contribution is 0.102. The fourth-order valence-electron chi connectivity index (χ4n) is 2.33. The third kappa shape index (κ3) is 2.70. The molecule has 1 amide bonds. The lowest BCUT2D eigenvalue weighted by Gasteiger charge is -2.09. The third-order valence-electron chi connectivity index (χ3n) is 3.61. The standard InChI is InChI=1S/C17H18N4O/c1-11(2)13-4-6-14(7-5-13)19-17(22)15-10-12(3)21-16(20-15)8-9-18-21/h4-11H,1-3H3,(H,19,22). The van der Waals surface area contributed by atoms with Crippen LogP contribution in [0, 0.1) is 6.92 Å². The molecule has 0 aliphatic heterocycles. The zero-order chi connectivity index (χ0) is 15.7. The van der Waals surface area contributed by atoms with E-state index in [4.69, 9.17) is 0 Å². The monoisotopic (exact) mass is 294 g/mol. The summed E-state index contributed by atoms with van der Waals surface area (Å²) in [6.07, 6.45) is 1.67. The topological polar surface area (TPSA) is 59.3 Å². The van der Waals surface area contributed by atoms with E-state index in [-0.39, 0.29) is 5.91 Å². The van der Waals surface area contributed by atoms with Crippen molar-refractivity contribution in [1.82, 2.24) is 14.6 Å². The number of carbonyl (C=O) groups excluding carboxylic acids is 1. The van der Waals surface area contributed by atoms with Crippen LogP contribution in [0.2, 0.25) is 0 Å². The Balaban J connectivity index is 1.83. The second kappa shape index (κ2) is 5.60. The summed E-state index contributed by atoms with van der Waals surface area (Å²) in [6, 6.07) is 11.4. The van der Waals surface area contributed by atoms with Gasteiger partial charge in [-0.05, 0) is 36.6 Å². The van der Waals surface area contributed by atoms with Gasteiger partial charge in [0.15, 0.2) is 5.65 Å². The Morgan fingerprint density at radius 1 is 1.18 bits per heavy atom. The number of fused-ring (bicyclic) bond motifs is 1. The normalized spacial score (nSPS) is 11.1. The van der Waals surface area contributed by atoms with Crippen molar-refractivity contribution in [3.63, 3.8) is 0 Å². The lowest BCUT2D eigenvalue weighted by Crippen LogP contribution is -2.15. The van der Waals surface area contributed by atoms with E-state index in [0.29, 0.717) is 17.3 Å². The highest BCUT2D eigenvalue weighted by Crippen LogP contribution is 2.17. The molecule has 2 heterocycles. The van der Waals surface area contributed by atoms with Gasteiger partial charge in [0.25, 0.3) is 5.91 Å². The minimum atomic E-state index is -0.218. The molecular weight excluding hydrogens is 276 g/mol. The van der Waals surface area contributed by atoms with Crippen molar-refractivity contribution in [3.8, 4) is 0 Å². The van der Waals surface area contributed by atoms with E-state index in [1.165, 1.54) is 5.56 Å². The summed E-state index contributed by atoms with van der Waals surface area (Å²) < 4.78 is 1.70. The fourth-order valence-corrected chi connectivity index (χ4v) is 2.33. The molecule has 5 heteroatoms. The van der Waals surface area contributed by atoms with Gasteiger partial charge in [-0.1, -0.05) is 26.0 Å². The molecule has 22 heavy (non-hydrogen) atoms. The third-order valence-corrected chi connectivity index (χ3v) is 3.61. The number of aryl methyl sites for hydroxylation is 1. The average molecular weight is 294 g/mol. The zero-order valence-corrected chi connectivity index (χ0v) is 12.9. The van der Waals surface area contributed by atoms with Crippen LogP contribution in [-0.2, 0) is 0 Å². The molecule has 0 spiro atoms. The molecule has 3 aromatic rings. The number of benzene rings is 1. The smallest absolute Gasteiger partial charge is 0.274 e. The Kier molecular flexibility index (Phi) is 3.63. The molecule has 0 saturated carbocycles. The first kappa shape index (κ1) is 14.3. The minimum absolute atomic E-state index is 0.218. The maximum atomic E-state index is 12.3. The van der Waals surface area contributed by atoms with Crippen LogP contribution in [0.5, 0.6) is 0 Å². The number of rotatable bonds is 3. The number of carbonyl (C=O) groups is 1. The Hall–Kier alpha value is -2.69. The Morgan fingerprint density at radius 3 is 2.59 bits per heavy atom. The summed E-state index contributed by atoms with van der Waals surface area (Å²) in [5.41, 5.74) is 3.93. The van der Waals surface area contributed by atoms with Gasteiger partial charge < -0.3 is 5.32 Å². The molecule has 0 atom stereocenters. The van der Waals surface area contributed by atoms with Gasteiger partial charge in [0.2, 0.25) is 0 Å². The molecule has 3 rings (SSSR count). The van der Waals surface area contributed by atoms with Crippen LogP contribution in [-0.4, -0.2) is 20.5 Å². The Labute approximate surface area is 129 Å². The van der Waals surface area contributed by atoms with Crippen LogP contribution in [0.15, 0.2) is 42.6 Å². The second-order valence-electron chi connectivity index (χ2n) is 5.61. The first-order chi connectivity index (χ1) is 10.5. The van der Waals surface area contributed by atoms with Gasteiger partial charge in [0.05, 0.1) is 6.20 Å². The number of nitrogens with zero attached hydrogens (tertiary/aromatic N) is 3. The minimum Gasteiger partial charge on any atom is -0.321 e. The number of hydrogen-bond donors (Lipinski definition) is 1. The highest BCUT2D eigenvalue weighted by atomic mass is 16.1. The molecule has 0 aliphatic rings. The second-order valence-corrected chi connectivity index (χ2v) is 5.61. The number of amides is 1. The number of hydrogen-bond acceptors (Lipinski definition) is 3. The van der Waals surface area contributed by atoms with E-state index in [1.807, 2.05) is 31.2 Å². The van der Waals surface area contributed by atoms with Crippen molar-refractivity contribution in [2.75, 3.05) is 5.32 Å². The van der Waals surface area contributed by atoms with Crippen LogP contribution in [0.25, 0.3) is 5.65 Å². The van der Waals surface area contributed by atoms with Crippen molar-refractivity contribution in [2.45, 2.75) is 26.7 Å². The van der Waals surface area contributed by atoms with E-state index < -0.39 is 0 Å². The SMILES string of the molecule is Cc1cc(C(=O)Nc2ccc(C(C)C)cc2)nc2ccnn12. The maximum Gasteiger partial charge on any atom is 0.274 e. The molecule has 1 aromatic carbocycles.